The topological polar surface area (TPSA) is 17.1 Å². The molecule has 0 N–H and O–H groups in total. The molecule has 0 aliphatic rings. The van der Waals surface area contributed by atoms with Crippen LogP contribution in [0.2, 0.25) is 0 Å². The van der Waals surface area contributed by atoms with Crippen LogP contribution in [0.4, 0.5) is 0 Å². The van der Waals surface area contributed by atoms with Crippen molar-refractivity contribution in [3.05, 3.63) is 71.8 Å². The summed E-state index contributed by atoms with van der Waals surface area (Å²) < 4.78 is 0. The second-order valence-electron chi connectivity index (χ2n) is 3.43. The zero-order valence-corrected chi connectivity index (χ0v) is 10.1. The molecule has 0 spiro atoms. The molecule has 0 amide bonds. The van der Waals surface area contributed by atoms with Crippen molar-refractivity contribution in [2.75, 3.05) is 0 Å². The highest BCUT2D eigenvalue weighted by atomic mass is 79.9. The number of Topliss-reactive ketones (excluding diaryl/α,β-unsaturated/α-hetero) is 1. The number of halogens is 1. The first kappa shape index (κ1) is 11.1. The van der Waals surface area contributed by atoms with Crippen LogP contribution in [-0.2, 0) is 0 Å². The Bertz CT molecular complexity index is 465. The minimum absolute atomic E-state index is 0.0696. The van der Waals surface area contributed by atoms with Crippen molar-refractivity contribution in [2.45, 2.75) is 4.83 Å². The van der Waals surface area contributed by atoms with Crippen LogP contribution in [0, 0.1) is 6.07 Å². The van der Waals surface area contributed by atoms with E-state index >= 15 is 0 Å². The molecule has 2 aromatic rings. The number of hydrogen-bond donors (Lipinski definition) is 0. The average Bonchev–Trinajstić information content (AvgIpc) is 2.39. The number of carbonyl (C=O) groups is 1. The number of alkyl halides is 1. The first-order chi connectivity index (χ1) is 7.79. The summed E-state index contributed by atoms with van der Waals surface area (Å²) >= 11 is 3.43. The van der Waals surface area contributed by atoms with Gasteiger partial charge in [0, 0.05) is 5.56 Å². The van der Waals surface area contributed by atoms with Gasteiger partial charge < -0.3 is 0 Å². The molecular formula is C14H10BrO. The number of rotatable bonds is 3. The lowest BCUT2D eigenvalue weighted by molar-refractivity contribution is 0.0991. The van der Waals surface area contributed by atoms with Crippen molar-refractivity contribution < 1.29 is 4.79 Å². The second kappa shape index (κ2) is 5.08. The van der Waals surface area contributed by atoms with E-state index < -0.39 is 0 Å². The van der Waals surface area contributed by atoms with E-state index in [1.54, 1.807) is 24.3 Å². The molecule has 1 atom stereocenters. The summed E-state index contributed by atoms with van der Waals surface area (Å²) in [6.07, 6.45) is 0. The van der Waals surface area contributed by atoms with Gasteiger partial charge in [0.1, 0.15) is 4.83 Å². The Morgan fingerprint density at radius 2 is 1.69 bits per heavy atom. The zero-order chi connectivity index (χ0) is 11.4. The monoisotopic (exact) mass is 273 g/mol. The molecular weight excluding hydrogens is 264 g/mol. The fourth-order valence-corrected chi connectivity index (χ4v) is 2.04. The van der Waals surface area contributed by atoms with Crippen molar-refractivity contribution in [3.63, 3.8) is 0 Å². The maximum absolute atomic E-state index is 12.1. The Labute approximate surface area is 103 Å². The quantitative estimate of drug-likeness (QED) is 0.614. The third-order valence-electron chi connectivity index (χ3n) is 2.33. The van der Waals surface area contributed by atoms with Crippen molar-refractivity contribution in [3.8, 4) is 0 Å². The Kier molecular flexibility index (Phi) is 3.52. The molecule has 0 aliphatic carbocycles. The highest BCUT2D eigenvalue weighted by Crippen LogP contribution is 2.26. The van der Waals surface area contributed by atoms with E-state index in [0.29, 0.717) is 5.56 Å². The fraction of sp³-hybridized carbons (Fsp3) is 0.0714. The van der Waals surface area contributed by atoms with Gasteiger partial charge in [-0.3, -0.25) is 4.79 Å². The third-order valence-corrected chi connectivity index (χ3v) is 3.27. The molecule has 0 saturated heterocycles. The van der Waals surface area contributed by atoms with E-state index in [2.05, 4.69) is 22.0 Å². The average molecular weight is 274 g/mol. The summed E-state index contributed by atoms with van der Waals surface area (Å²) in [5.41, 5.74) is 1.67. The normalized spacial score (nSPS) is 12.1. The molecule has 0 aromatic heterocycles. The molecule has 79 valence electrons. The van der Waals surface area contributed by atoms with E-state index in [0.717, 1.165) is 5.56 Å². The summed E-state index contributed by atoms with van der Waals surface area (Å²) in [5.74, 6) is 0.0696. The molecule has 16 heavy (non-hydrogen) atoms. The van der Waals surface area contributed by atoms with Crippen molar-refractivity contribution in [1.82, 2.24) is 0 Å². The molecule has 0 fully saturated rings. The van der Waals surface area contributed by atoms with Gasteiger partial charge in [-0.15, -0.1) is 0 Å². The standard InChI is InChI=1S/C14H10BrO/c15-13(11-7-3-1-4-8-11)14(16)12-9-5-2-6-10-12/h1,3-10,13H. The Morgan fingerprint density at radius 3 is 2.31 bits per heavy atom. The minimum atomic E-state index is -0.281. The second-order valence-corrected chi connectivity index (χ2v) is 4.34. The van der Waals surface area contributed by atoms with Gasteiger partial charge in [-0.05, 0) is 11.6 Å². The van der Waals surface area contributed by atoms with Crippen molar-refractivity contribution in [1.29, 1.82) is 0 Å². The van der Waals surface area contributed by atoms with Gasteiger partial charge in [0.15, 0.2) is 5.78 Å². The van der Waals surface area contributed by atoms with Gasteiger partial charge in [0.2, 0.25) is 0 Å². The van der Waals surface area contributed by atoms with Gasteiger partial charge in [-0.25, -0.2) is 0 Å². The third kappa shape index (κ3) is 2.39. The van der Waals surface area contributed by atoms with E-state index in [9.17, 15) is 4.79 Å². The van der Waals surface area contributed by atoms with E-state index in [1.165, 1.54) is 0 Å². The molecule has 1 radical (unpaired) electrons. The fourth-order valence-electron chi connectivity index (χ4n) is 1.47. The van der Waals surface area contributed by atoms with Gasteiger partial charge in [0.25, 0.3) is 0 Å². The SMILES string of the molecule is O=C(c1cc[c]cc1)C(Br)c1ccccc1. The lowest BCUT2D eigenvalue weighted by Crippen LogP contribution is -2.06. The predicted octanol–water partition coefficient (Wildman–Crippen LogP) is 3.81. The van der Waals surface area contributed by atoms with Crippen LogP contribution in [0.25, 0.3) is 0 Å². The summed E-state index contributed by atoms with van der Waals surface area (Å²) in [4.78, 5) is 11.8. The number of ketones is 1. The maximum Gasteiger partial charge on any atom is 0.180 e. The number of carbonyl (C=O) groups excluding carboxylic acids is 1. The van der Waals surface area contributed by atoms with Gasteiger partial charge in [-0.2, -0.15) is 0 Å². The first-order valence-corrected chi connectivity index (χ1v) is 5.90. The highest BCUT2D eigenvalue weighted by Gasteiger charge is 2.17. The molecule has 0 saturated carbocycles. The Morgan fingerprint density at radius 1 is 1.06 bits per heavy atom. The van der Waals surface area contributed by atoms with E-state index in [1.807, 2.05) is 30.3 Å². The number of hydrogen-bond acceptors (Lipinski definition) is 1. The molecule has 2 rings (SSSR count). The molecule has 1 nitrogen and oxygen atoms in total. The molecule has 2 aromatic carbocycles. The zero-order valence-electron chi connectivity index (χ0n) is 8.56. The Balaban J connectivity index is 2.24. The van der Waals surface area contributed by atoms with Crippen LogP contribution in [0.3, 0.4) is 0 Å². The van der Waals surface area contributed by atoms with Crippen LogP contribution in [0.15, 0.2) is 54.6 Å². The lowest BCUT2D eigenvalue weighted by atomic mass is 10.0. The van der Waals surface area contributed by atoms with Crippen LogP contribution < -0.4 is 0 Å². The van der Waals surface area contributed by atoms with Crippen LogP contribution >= 0.6 is 15.9 Å². The largest absolute Gasteiger partial charge is 0.293 e. The molecule has 1 unspecified atom stereocenters. The molecule has 0 heterocycles. The maximum atomic E-state index is 12.1. The summed E-state index contributed by atoms with van der Waals surface area (Å²) in [6.45, 7) is 0. The minimum Gasteiger partial charge on any atom is -0.293 e. The smallest absolute Gasteiger partial charge is 0.180 e. The van der Waals surface area contributed by atoms with E-state index in [4.69, 9.17) is 0 Å². The van der Waals surface area contributed by atoms with Crippen LogP contribution in [0.5, 0.6) is 0 Å². The number of benzene rings is 2. The van der Waals surface area contributed by atoms with Crippen LogP contribution in [-0.4, -0.2) is 5.78 Å². The van der Waals surface area contributed by atoms with E-state index in [-0.39, 0.29) is 10.6 Å². The van der Waals surface area contributed by atoms with Gasteiger partial charge >= 0.3 is 0 Å². The van der Waals surface area contributed by atoms with Crippen molar-refractivity contribution >= 4 is 21.7 Å². The molecule has 0 aliphatic heterocycles. The van der Waals surface area contributed by atoms with Gasteiger partial charge in [0.05, 0.1) is 0 Å². The molecule has 2 heteroatoms. The predicted molar refractivity (Wildman–Crippen MR) is 67.7 cm³/mol. The summed E-state index contributed by atoms with van der Waals surface area (Å²) in [6, 6.07) is 19.6. The summed E-state index contributed by atoms with van der Waals surface area (Å²) in [7, 11) is 0. The van der Waals surface area contributed by atoms with Crippen LogP contribution in [0.1, 0.15) is 20.7 Å². The lowest BCUT2D eigenvalue weighted by Gasteiger charge is -2.08. The molecule has 0 bridgehead atoms. The highest BCUT2D eigenvalue weighted by molar-refractivity contribution is 9.09. The summed E-state index contributed by atoms with van der Waals surface area (Å²) in [5, 5.41) is 0. The van der Waals surface area contributed by atoms with Gasteiger partial charge in [-0.1, -0.05) is 70.5 Å². The van der Waals surface area contributed by atoms with Crippen molar-refractivity contribution in [2.24, 2.45) is 0 Å². The first-order valence-electron chi connectivity index (χ1n) is 4.98. The Hall–Kier alpha value is -1.41.